The third-order valence-corrected chi connectivity index (χ3v) is 7.54. The number of nitrogens with zero attached hydrogens (tertiary/aromatic N) is 1. The summed E-state index contributed by atoms with van der Waals surface area (Å²) in [5.74, 6) is -0.755. The second-order valence-corrected chi connectivity index (χ2v) is 10.1. The van der Waals surface area contributed by atoms with Gasteiger partial charge < -0.3 is 0 Å². The Morgan fingerprint density at radius 2 is 1.57 bits per heavy atom. The lowest BCUT2D eigenvalue weighted by Crippen LogP contribution is -2.41. The fourth-order valence-corrected chi connectivity index (χ4v) is 5.41. The standard InChI is InChI=1S/C18H21N3O5S2/c1-14-6-4-8-16(12-14)27(23,24)20-19-18(22)15-7-5-9-17(13-15)28(25,26)21-10-2-3-11-21/h4-9,12-13,20H,2-3,10-11H2,1H3,(H,19,22). The molecule has 0 unspecified atom stereocenters. The molecule has 10 heteroatoms. The van der Waals surface area contributed by atoms with Crippen LogP contribution < -0.4 is 10.3 Å². The first-order chi connectivity index (χ1) is 13.2. The summed E-state index contributed by atoms with van der Waals surface area (Å²) in [6.45, 7) is 2.66. The van der Waals surface area contributed by atoms with Crippen LogP contribution in [0.4, 0.5) is 0 Å². The summed E-state index contributed by atoms with van der Waals surface area (Å²) in [4.78, 5) is 14.4. The molecule has 1 amide bonds. The molecule has 1 saturated heterocycles. The Morgan fingerprint density at radius 3 is 2.25 bits per heavy atom. The Labute approximate surface area is 164 Å². The van der Waals surface area contributed by atoms with Crippen molar-refractivity contribution >= 4 is 26.0 Å². The summed E-state index contributed by atoms with van der Waals surface area (Å²) >= 11 is 0. The van der Waals surface area contributed by atoms with Crippen molar-refractivity contribution < 1.29 is 21.6 Å². The number of carbonyl (C=O) groups excluding carboxylic acids is 1. The second kappa shape index (κ2) is 8.00. The molecule has 0 aliphatic carbocycles. The van der Waals surface area contributed by atoms with Crippen molar-refractivity contribution in [1.29, 1.82) is 0 Å². The number of rotatable bonds is 6. The summed E-state index contributed by atoms with van der Waals surface area (Å²) in [5, 5.41) is 0. The average Bonchev–Trinajstić information content (AvgIpc) is 3.22. The molecule has 2 N–H and O–H groups in total. The maximum atomic E-state index is 12.6. The van der Waals surface area contributed by atoms with Gasteiger partial charge in [0.05, 0.1) is 9.79 Å². The van der Waals surface area contributed by atoms with Crippen molar-refractivity contribution in [3.05, 3.63) is 59.7 Å². The predicted octanol–water partition coefficient (Wildman–Crippen LogP) is 1.40. The third-order valence-electron chi connectivity index (χ3n) is 4.40. The molecule has 150 valence electrons. The quantitative estimate of drug-likeness (QED) is 0.682. The maximum absolute atomic E-state index is 12.6. The molecule has 1 aliphatic heterocycles. The van der Waals surface area contributed by atoms with E-state index in [2.05, 4.69) is 5.43 Å². The topological polar surface area (TPSA) is 113 Å². The minimum Gasteiger partial charge on any atom is -0.273 e. The molecular weight excluding hydrogens is 402 g/mol. The smallest absolute Gasteiger partial charge is 0.266 e. The van der Waals surface area contributed by atoms with Crippen molar-refractivity contribution in [2.45, 2.75) is 29.6 Å². The van der Waals surface area contributed by atoms with E-state index in [0.717, 1.165) is 18.4 Å². The number of aryl methyl sites for hydroxylation is 1. The first-order valence-corrected chi connectivity index (χ1v) is 11.6. The highest BCUT2D eigenvalue weighted by Crippen LogP contribution is 2.21. The van der Waals surface area contributed by atoms with Crippen LogP contribution in [0.25, 0.3) is 0 Å². The monoisotopic (exact) mass is 423 g/mol. The first-order valence-electron chi connectivity index (χ1n) is 8.69. The summed E-state index contributed by atoms with van der Waals surface area (Å²) in [5.41, 5.74) is 2.91. The van der Waals surface area contributed by atoms with Gasteiger partial charge in [-0.25, -0.2) is 16.8 Å². The third kappa shape index (κ3) is 4.41. The van der Waals surface area contributed by atoms with Crippen LogP contribution >= 0.6 is 0 Å². The van der Waals surface area contributed by atoms with E-state index in [4.69, 9.17) is 0 Å². The average molecular weight is 424 g/mol. The van der Waals surface area contributed by atoms with Gasteiger partial charge in [-0.2, -0.15) is 4.31 Å². The highest BCUT2D eigenvalue weighted by atomic mass is 32.2. The zero-order valence-corrected chi connectivity index (χ0v) is 16.9. The minimum absolute atomic E-state index is 0.00333. The van der Waals surface area contributed by atoms with Gasteiger partial charge in [-0.05, 0) is 55.7 Å². The largest absolute Gasteiger partial charge is 0.273 e. The van der Waals surface area contributed by atoms with Gasteiger partial charge in [0.2, 0.25) is 10.0 Å². The Hall–Kier alpha value is -2.27. The summed E-state index contributed by atoms with van der Waals surface area (Å²) in [6.07, 6.45) is 1.61. The highest BCUT2D eigenvalue weighted by Gasteiger charge is 2.27. The van der Waals surface area contributed by atoms with Crippen LogP contribution in [0.2, 0.25) is 0 Å². The van der Waals surface area contributed by atoms with Gasteiger partial charge in [-0.3, -0.25) is 10.2 Å². The molecule has 1 heterocycles. The summed E-state index contributed by atoms with van der Waals surface area (Å²) in [6, 6.07) is 11.8. The van der Waals surface area contributed by atoms with Crippen molar-refractivity contribution in [2.75, 3.05) is 13.1 Å². The van der Waals surface area contributed by atoms with Gasteiger partial charge in [0.1, 0.15) is 0 Å². The van der Waals surface area contributed by atoms with E-state index in [1.807, 2.05) is 4.83 Å². The number of hydrogen-bond acceptors (Lipinski definition) is 5. The van der Waals surface area contributed by atoms with E-state index >= 15 is 0 Å². The molecule has 0 saturated carbocycles. The van der Waals surface area contributed by atoms with Gasteiger partial charge in [0, 0.05) is 18.7 Å². The number of amides is 1. The molecule has 0 spiro atoms. The minimum atomic E-state index is -3.95. The molecular formula is C18H21N3O5S2. The maximum Gasteiger partial charge on any atom is 0.266 e. The Morgan fingerprint density at radius 1 is 0.929 bits per heavy atom. The molecule has 28 heavy (non-hydrogen) atoms. The SMILES string of the molecule is Cc1cccc(S(=O)(=O)NNC(=O)c2cccc(S(=O)(=O)N3CCCC3)c2)c1. The molecule has 0 radical (unpaired) electrons. The van der Waals surface area contributed by atoms with E-state index in [9.17, 15) is 21.6 Å². The molecule has 2 aromatic rings. The van der Waals surface area contributed by atoms with E-state index in [0.29, 0.717) is 13.1 Å². The lowest BCUT2D eigenvalue weighted by molar-refractivity contribution is 0.0945. The van der Waals surface area contributed by atoms with E-state index in [-0.39, 0.29) is 15.4 Å². The Balaban J connectivity index is 1.75. The van der Waals surface area contributed by atoms with E-state index < -0.39 is 26.0 Å². The number of nitrogens with one attached hydrogen (secondary N) is 2. The fraction of sp³-hybridized carbons (Fsp3) is 0.278. The van der Waals surface area contributed by atoms with Crippen LogP contribution in [0.3, 0.4) is 0 Å². The van der Waals surface area contributed by atoms with E-state index in [1.165, 1.54) is 40.7 Å². The van der Waals surface area contributed by atoms with Crippen LogP contribution in [0.1, 0.15) is 28.8 Å². The van der Waals surface area contributed by atoms with Gasteiger partial charge in [0.25, 0.3) is 15.9 Å². The van der Waals surface area contributed by atoms with Crippen LogP contribution in [0.15, 0.2) is 58.3 Å². The number of hydrogen-bond donors (Lipinski definition) is 2. The van der Waals surface area contributed by atoms with Gasteiger partial charge in [-0.15, -0.1) is 4.83 Å². The number of sulfonamides is 2. The lowest BCUT2D eigenvalue weighted by Gasteiger charge is -2.16. The molecule has 2 aromatic carbocycles. The second-order valence-electron chi connectivity index (χ2n) is 6.52. The fourth-order valence-electron chi connectivity index (χ4n) is 2.90. The van der Waals surface area contributed by atoms with Crippen LogP contribution in [-0.2, 0) is 20.0 Å². The zero-order valence-electron chi connectivity index (χ0n) is 15.3. The molecule has 1 fully saturated rings. The predicted molar refractivity (Wildman–Crippen MR) is 103 cm³/mol. The molecule has 0 bridgehead atoms. The van der Waals surface area contributed by atoms with Gasteiger partial charge >= 0.3 is 0 Å². The van der Waals surface area contributed by atoms with Gasteiger partial charge in [0.15, 0.2) is 0 Å². The number of benzene rings is 2. The highest BCUT2D eigenvalue weighted by molar-refractivity contribution is 7.89. The molecule has 1 aliphatic rings. The first kappa shape index (κ1) is 20.5. The lowest BCUT2D eigenvalue weighted by atomic mass is 10.2. The molecule has 8 nitrogen and oxygen atoms in total. The van der Waals surface area contributed by atoms with Gasteiger partial charge in [-0.1, -0.05) is 18.2 Å². The van der Waals surface area contributed by atoms with Crippen molar-refractivity contribution in [2.24, 2.45) is 0 Å². The normalized spacial score (nSPS) is 15.5. The van der Waals surface area contributed by atoms with Crippen molar-refractivity contribution in [3.8, 4) is 0 Å². The van der Waals surface area contributed by atoms with Crippen LogP contribution in [0.5, 0.6) is 0 Å². The summed E-state index contributed by atoms with van der Waals surface area (Å²) < 4.78 is 51.2. The molecule has 3 rings (SSSR count). The van der Waals surface area contributed by atoms with Crippen molar-refractivity contribution in [1.82, 2.24) is 14.6 Å². The van der Waals surface area contributed by atoms with E-state index in [1.54, 1.807) is 19.1 Å². The van der Waals surface area contributed by atoms with Crippen LogP contribution in [0, 0.1) is 6.92 Å². The Bertz CT molecular complexity index is 1090. The Kier molecular flexibility index (Phi) is 5.84. The number of carbonyl (C=O) groups is 1. The van der Waals surface area contributed by atoms with Crippen LogP contribution in [-0.4, -0.2) is 40.1 Å². The van der Waals surface area contributed by atoms with Crippen molar-refractivity contribution in [3.63, 3.8) is 0 Å². The number of hydrazine groups is 1. The zero-order chi connectivity index (χ0) is 20.4. The molecule has 0 atom stereocenters. The summed E-state index contributed by atoms with van der Waals surface area (Å²) in [7, 11) is -7.62. The molecule has 0 aromatic heterocycles.